The first-order valence-electron chi connectivity index (χ1n) is 8.98. The van der Waals surface area contributed by atoms with E-state index >= 15 is 0 Å². The van der Waals surface area contributed by atoms with E-state index in [0.717, 1.165) is 0 Å². The number of nitrogens with one attached hydrogen (secondary N) is 1. The van der Waals surface area contributed by atoms with Crippen LogP contribution in [0.1, 0.15) is 12.8 Å². The number of anilines is 1. The largest absolute Gasteiger partial charge is 0.455 e. The quantitative estimate of drug-likeness (QED) is 0.695. The molecule has 1 aromatic heterocycles. The number of hydrogen-bond acceptors (Lipinski definition) is 6. The Bertz CT molecular complexity index is 959. The predicted octanol–water partition coefficient (Wildman–Crippen LogP) is 2.32. The van der Waals surface area contributed by atoms with Crippen LogP contribution in [0, 0.1) is 5.92 Å². The zero-order valence-corrected chi connectivity index (χ0v) is 17.0. The lowest BCUT2D eigenvalue weighted by Gasteiger charge is -2.29. The summed E-state index contributed by atoms with van der Waals surface area (Å²) in [4.78, 5) is 28.1. The van der Waals surface area contributed by atoms with Crippen LogP contribution in [0.4, 0.5) is 5.69 Å². The van der Waals surface area contributed by atoms with Gasteiger partial charge in [-0.3, -0.25) is 14.6 Å². The van der Waals surface area contributed by atoms with Crippen molar-refractivity contribution in [2.75, 3.05) is 25.0 Å². The second-order valence-electron chi connectivity index (χ2n) is 6.53. The number of amides is 1. The van der Waals surface area contributed by atoms with Crippen LogP contribution >= 0.6 is 11.6 Å². The summed E-state index contributed by atoms with van der Waals surface area (Å²) in [5.74, 6) is -1.41. The summed E-state index contributed by atoms with van der Waals surface area (Å²) in [6, 6.07) is 9.60. The third-order valence-electron chi connectivity index (χ3n) is 4.53. The minimum Gasteiger partial charge on any atom is -0.455 e. The molecule has 8 nitrogen and oxygen atoms in total. The number of esters is 1. The Hall–Kier alpha value is -2.49. The molecule has 0 saturated carbocycles. The van der Waals surface area contributed by atoms with Crippen LogP contribution in [0.5, 0.6) is 0 Å². The summed E-state index contributed by atoms with van der Waals surface area (Å²) in [5.41, 5.74) is 0.546. The van der Waals surface area contributed by atoms with Crippen LogP contribution in [-0.4, -0.2) is 49.3 Å². The molecule has 0 spiro atoms. The SMILES string of the molecule is O=C(COC(=O)C1CCN(S(=O)(=O)c2cccnc2)CC1)Nc1ccc(Cl)cc1. The molecule has 0 bridgehead atoms. The fraction of sp³-hybridized carbons (Fsp3) is 0.316. The molecule has 0 radical (unpaired) electrons. The minimum atomic E-state index is -3.63. The van der Waals surface area contributed by atoms with Crippen molar-refractivity contribution in [3.63, 3.8) is 0 Å². The van der Waals surface area contributed by atoms with E-state index in [1.165, 1.54) is 22.8 Å². The Morgan fingerprint density at radius 2 is 1.86 bits per heavy atom. The van der Waals surface area contributed by atoms with E-state index in [2.05, 4.69) is 10.3 Å². The van der Waals surface area contributed by atoms with Crippen molar-refractivity contribution < 1.29 is 22.7 Å². The van der Waals surface area contributed by atoms with E-state index in [9.17, 15) is 18.0 Å². The van der Waals surface area contributed by atoms with E-state index in [1.807, 2.05) is 0 Å². The molecule has 1 saturated heterocycles. The molecule has 0 unspecified atom stereocenters. The van der Waals surface area contributed by atoms with Crippen LogP contribution in [0.25, 0.3) is 0 Å². The minimum absolute atomic E-state index is 0.125. The molecule has 29 heavy (non-hydrogen) atoms. The number of benzene rings is 1. The molecule has 3 rings (SSSR count). The lowest BCUT2D eigenvalue weighted by atomic mass is 9.98. The number of pyridine rings is 1. The second-order valence-corrected chi connectivity index (χ2v) is 8.90. The zero-order chi connectivity index (χ0) is 20.9. The molecule has 0 atom stereocenters. The molecule has 1 aliphatic rings. The van der Waals surface area contributed by atoms with Gasteiger partial charge in [-0.1, -0.05) is 11.6 Å². The first-order valence-corrected chi connectivity index (χ1v) is 10.8. The van der Waals surface area contributed by atoms with Gasteiger partial charge in [-0.15, -0.1) is 0 Å². The Morgan fingerprint density at radius 3 is 2.48 bits per heavy atom. The average molecular weight is 438 g/mol. The molecule has 1 N–H and O–H groups in total. The van der Waals surface area contributed by atoms with Crippen LogP contribution in [0.3, 0.4) is 0 Å². The van der Waals surface area contributed by atoms with Gasteiger partial charge >= 0.3 is 5.97 Å². The van der Waals surface area contributed by atoms with E-state index in [-0.39, 0.29) is 18.0 Å². The van der Waals surface area contributed by atoms with Crippen molar-refractivity contribution in [3.8, 4) is 0 Å². The van der Waals surface area contributed by atoms with E-state index < -0.39 is 34.4 Å². The van der Waals surface area contributed by atoms with E-state index in [4.69, 9.17) is 16.3 Å². The van der Waals surface area contributed by atoms with Gasteiger partial charge < -0.3 is 10.1 Å². The average Bonchev–Trinajstić information content (AvgIpc) is 2.74. The first-order chi connectivity index (χ1) is 13.9. The Labute approximate surface area is 173 Å². The molecule has 154 valence electrons. The number of piperidine rings is 1. The van der Waals surface area contributed by atoms with E-state index in [1.54, 1.807) is 30.3 Å². The molecule has 1 fully saturated rings. The number of sulfonamides is 1. The number of nitrogens with zero attached hydrogens (tertiary/aromatic N) is 2. The predicted molar refractivity (Wildman–Crippen MR) is 107 cm³/mol. The molecular weight excluding hydrogens is 418 g/mol. The van der Waals surface area contributed by atoms with Crippen molar-refractivity contribution in [2.24, 2.45) is 5.92 Å². The number of halogens is 1. The number of rotatable bonds is 6. The molecule has 0 aliphatic carbocycles. The summed E-state index contributed by atoms with van der Waals surface area (Å²) in [5, 5.41) is 3.15. The maximum absolute atomic E-state index is 12.6. The summed E-state index contributed by atoms with van der Waals surface area (Å²) >= 11 is 5.78. The van der Waals surface area contributed by atoms with Crippen molar-refractivity contribution >= 4 is 39.2 Å². The van der Waals surface area contributed by atoms with Gasteiger partial charge in [0, 0.05) is 36.2 Å². The Balaban J connectivity index is 1.46. The van der Waals surface area contributed by atoms with Gasteiger partial charge in [-0.25, -0.2) is 8.42 Å². The van der Waals surface area contributed by atoms with Gasteiger partial charge in [-0.05, 0) is 49.2 Å². The third-order valence-corrected chi connectivity index (χ3v) is 6.67. The van der Waals surface area contributed by atoms with Crippen LogP contribution in [0.2, 0.25) is 5.02 Å². The molecule has 2 heterocycles. The fourth-order valence-electron chi connectivity index (χ4n) is 2.97. The van der Waals surface area contributed by atoms with Gasteiger partial charge in [0.15, 0.2) is 6.61 Å². The normalized spacial score (nSPS) is 15.6. The topological polar surface area (TPSA) is 106 Å². The highest BCUT2D eigenvalue weighted by Gasteiger charge is 2.33. The molecule has 1 amide bonds. The maximum Gasteiger partial charge on any atom is 0.309 e. The first kappa shape index (κ1) is 21.2. The lowest BCUT2D eigenvalue weighted by molar-refractivity contribution is -0.152. The number of carbonyl (C=O) groups is 2. The zero-order valence-electron chi connectivity index (χ0n) is 15.5. The third kappa shape index (κ3) is 5.53. The summed E-state index contributed by atoms with van der Waals surface area (Å²) in [6.07, 6.45) is 3.47. The summed E-state index contributed by atoms with van der Waals surface area (Å²) in [6.45, 7) is -0.00239. The molecule has 2 aromatic rings. The second kappa shape index (κ2) is 9.34. The monoisotopic (exact) mass is 437 g/mol. The van der Waals surface area contributed by atoms with Gasteiger partial charge in [-0.2, -0.15) is 4.31 Å². The highest BCUT2D eigenvalue weighted by molar-refractivity contribution is 7.89. The molecule has 10 heteroatoms. The van der Waals surface area contributed by atoms with Crippen molar-refractivity contribution in [2.45, 2.75) is 17.7 Å². The van der Waals surface area contributed by atoms with Gasteiger partial charge in [0.1, 0.15) is 4.90 Å². The number of aromatic nitrogens is 1. The standard InChI is InChI=1S/C19H20ClN3O5S/c20-15-3-5-16(6-4-15)22-18(24)13-28-19(25)14-7-10-23(11-8-14)29(26,27)17-2-1-9-21-12-17/h1-6,9,12,14H,7-8,10-11,13H2,(H,22,24). The van der Waals surface area contributed by atoms with Gasteiger partial charge in [0.2, 0.25) is 10.0 Å². The molecular formula is C19H20ClN3O5S. The fourth-order valence-corrected chi connectivity index (χ4v) is 4.53. The smallest absolute Gasteiger partial charge is 0.309 e. The highest BCUT2D eigenvalue weighted by Crippen LogP contribution is 2.24. The van der Waals surface area contributed by atoms with E-state index in [0.29, 0.717) is 23.6 Å². The van der Waals surface area contributed by atoms with Gasteiger partial charge in [0.25, 0.3) is 5.91 Å². The van der Waals surface area contributed by atoms with Crippen LogP contribution < -0.4 is 5.32 Å². The van der Waals surface area contributed by atoms with Crippen LogP contribution in [0.15, 0.2) is 53.7 Å². The maximum atomic E-state index is 12.6. The van der Waals surface area contributed by atoms with Crippen molar-refractivity contribution in [3.05, 3.63) is 53.8 Å². The Kier molecular flexibility index (Phi) is 6.83. The van der Waals surface area contributed by atoms with Crippen LogP contribution in [-0.2, 0) is 24.3 Å². The molecule has 1 aromatic carbocycles. The summed E-state index contributed by atoms with van der Waals surface area (Å²) in [7, 11) is -3.63. The summed E-state index contributed by atoms with van der Waals surface area (Å²) < 4.78 is 31.6. The number of hydrogen-bond donors (Lipinski definition) is 1. The highest BCUT2D eigenvalue weighted by atomic mass is 35.5. The lowest BCUT2D eigenvalue weighted by Crippen LogP contribution is -2.40. The number of carbonyl (C=O) groups excluding carboxylic acids is 2. The molecule has 1 aliphatic heterocycles. The Morgan fingerprint density at radius 1 is 1.17 bits per heavy atom. The van der Waals surface area contributed by atoms with Crippen molar-refractivity contribution in [1.82, 2.24) is 9.29 Å². The number of ether oxygens (including phenoxy) is 1. The van der Waals surface area contributed by atoms with Gasteiger partial charge in [0.05, 0.1) is 5.92 Å². The van der Waals surface area contributed by atoms with Crippen molar-refractivity contribution in [1.29, 1.82) is 0 Å².